The van der Waals surface area contributed by atoms with E-state index in [9.17, 15) is 17.2 Å². The van der Waals surface area contributed by atoms with Crippen LogP contribution in [0.4, 0.5) is 8.78 Å². The molecule has 0 atom stereocenters. The van der Waals surface area contributed by atoms with E-state index in [0.29, 0.717) is 15.9 Å². The number of halogens is 4. The van der Waals surface area contributed by atoms with Crippen molar-refractivity contribution in [3.63, 3.8) is 0 Å². The Hall–Kier alpha value is -1.51. The number of pyridine rings is 1. The van der Waals surface area contributed by atoms with Crippen molar-refractivity contribution in [2.75, 3.05) is 0 Å². The SMILES string of the molecule is O=S(=O)(Cc1nc(F)c(Br)cc1F)c1c[nH]c2cc(Cl)ccc12. The Bertz CT molecular complexity index is 1020. The van der Waals surface area contributed by atoms with Crippen molar-refractivity contribution in [2.45, 2.75) is 10.6 Å². The van der Waals surface area contributed by atoms with E-state index in [1.54, 1.807) is 18.2 Å². The molecule has 2 heterocycles. The number of hydrogen-bond donors (Lipinski definition) is 1. The summed E-state index contributed by atoms with van der Waals surface area (Å²) in [7, 11) is -3.92. The topological polar surface area (TPSA) is 62.8 Å². The van der Waals surface area contributed by atoms with Crippen LogP contribution < -0.4 is 0 Å². The zero-order chi connectivity index (χ0) is 16.8. The highest BCUT2D eigenvalue weighted by Gasteiger charge is 2.23. The van der Waals surface area contributed by atoms with Crippen molar-refractivity contribution in [3.05, 3.63) is 57.4 Å². The average Bonchev–Trinajstić information content (AvgIpc) is 2.88. The van der Waals surface area contributed by atoms with Crippen molar-refractivity contribution < 1.29 is 17.2 Å². The number of sulfone groups is 1. The predicted octanol–water partition coefficient (Wildman–Crippen LogP) is 4.23. The maximum Gasteiger partial charge on any atom is 0.227 e. The van der Waals surface area contributed by atoms with Gasteiger partial charge in [0.05, 0.1) is 15.1 Å². The lowest BCUT2D eigenvalue weighted by Crippen LogP contribution is -2.09. The molecule has 9 heteroatoms. The van der Waals surface area contributed by atoms with Crippen molar-refractivity contribution in [1.29, 1.82) is 0 Å². The Morgan fingerprint density at radius 3 is 2.74 bits per heavy atom. The lowest BCUT2D eigenvalue weighted by molar-refractivity contribution is 0.538. The number of aromatic nitrogens is 2. The van der Waals surface area contributed by atoms with Gasteiger partial charge in [-0.05, 0) is 34.1 Å². The van der Waals surface area contributed by atoms with E-state index in [2.05, 4.69) is 25.9 Å². The summed E-state index contributed by atoms with van der Waals surface area (Å²) in [6.45, 7) is 0. The van der Waals surface area contributed by atoms with E-state index in [0.717, 1.165) is 6.07 Å². The number of rotatable bonds is 3. The van der Waals surface area contributed by atoms with Crippen molar-refractivity contribution in [2.24, 2.45) is 0 Å². The van der Waals surface area contributed by atoms with Gasteiger partial charge in [0, 0.05) is 22.1 Å². The molecule has 1 aromatic carbocycles. The average molecular weight is 422 g/mol. The van der Waals surface area contributed by atoms with Crippen LogP contribution in [0.25, 0.3) is 10.9 Å². The van der Waals surface area contributed by atoms with Crippen LogP contribution in [0.1, 0.15) is 5.69 Å². The van der Waals surface area contributed by atoms with E-state index in [4.69, 9.17) is 11.6 Å². The number of aromatic amines is 1. The highest BCUT2D eigenvalue weighted by Crippen LogP contribution is 2.28. The van der Waals surface area contributed by atoms with E-state index in [1.807, 2.05) is 0 Å². The predicted molar refractivity (Wildman–Crippen MR) is 86.1 cm³/mol. The van der Waals surface area contributed by atoms with Gasteiger partial charge >= 0.3 is 0 Å². The number of nitrogens with zero attached hydrogens (tertiary/aromatic N) is 1. The summed E-state index contributed by atoms with van der Waals surface area (Å²) in [5, 5.41) is 0.874. The number of fused-ring (bicyclic) bond motifs is 1. The molecule has 0 radical (unpaired) electrons. The second-order valence-corrected chi connectivity index (χ2v) is 8.04. The van der Waals surface area contributed by atoms with E-state index >= 15 is 0 Å². The number of H-pyrrole nitrogens is 1. The molecule has 3 rings (SSSR count). The maximum atomic E-state index is 13.8. The molecule has 2 aromatic heterocycles. The second-order valence-electron chi connectivity index (χ2n) is 4.79. The number of nitrogens with one attached hydrogen (secondary N) is 1. The van der Waals surface area contributed by atoms with Crippen LogP contribution in [0.15, 0.2) is 39.8 Å². The minimum atomic E-state index is -3.92. The third-order valence-electron chi connectivity index (χ3n) is 3.23. The molecule has 0 saturated heterocycles. The molecule has 4 nitrogen and oxygen atoms in total. The molecule has 0 bridgehead atoms. The Kier molecular flexibility index (Phi) is 4.16. The largest absolute Gasteiger partial charge is 0.360 e. The fourth-order valence-corrected chi connectivity index (χ4v) is 4.10. The van der Waals surface area contributed by atoms with Gasteiger partial charge in [-0.1, -0.05) is 17.7 Å². The summed E-state index contributed by atoms with van der Waals surface area (Å²) < 4.78 is 52.1. The van der Waals surface area contributed by atoms with Crippen molar-refractivity contribution >= 4 is 48.3 Å². The van der Waals surface area contributed by atoms with Crippen LogP contribution in [0.2, 0.25) is 5.02 Å². The molecule has 23 heavy (non-hydrogen) atoms. The highest BCUT2D eigenvalue weighted by atomic mass is 79.9. The monoisotopic (exact) mass is 420 g/mol. The molecule has 0 spiro atoms. The summed E-state index contributed by atoms with van der Waals surface area (Å²) in [5.41, 5.74) is 0.0560. The van der Waals surface area contributed by atoms with Crippen LogP contribution in [-0.4, -0.2) is 18.4 Å². The van der Waals surface area contributed by atoms with Crippen molar-refractivity contribution in [3.8, 4) is 0 Å². The Morgan fingerprint density at radius 1 is 1.26 bits per heavy atom. The zero-order valence-electron chi connectivity index (χ0n) is 11.3. The lowest BCUT2D eigenvalue weighted by Gasteiger charge is -2.05. The highest BCUT2D eigenvalue weighted by molar-refractivity contribution is 9.10. The van der Waals surface area contributed by atoms with Crippen LogP contribution in [0.3, 0.4) is 0 Å². The maximum absolute atomic E-state index is 13.8. The molecule has 120 valence electrons. The first kappa shape index (κ1) is 16.4. The van der Waals surface area contributed by atoms with Gasteiger partial charge in [-0.2, -0.15) is 4.39 Å². The van der Waals surface area contributed by atoms with Crippen LogP contribution in [-0.2, 0) is 15.6 Å². The molecule has 0 aliphatic heterocycles. The van der Waals surface area contributed by atoms with Crippen molar-refractivity contribution in [1.82, 2.24) is 9.97 Å². The first-order valence-electron chi connectivity index (χ1n) is 6.28. The van der Waals surface area contributed by atoms with Crippen LogP contribution in [0, 0.1) is 11.8 Å². The zero-order valence-corrected chi connectivity index (χ0v) is 14.4. The number of benzene rings is 1. The van der Waals surface area contributed by atoms with Gasteiger partial charge in [0.25, 0.3) is 0 Å². The van der Waals surface area contributed by atoms with Gasteiger partial charge < -0.3 is 4.98 Å². The quantitative estimate of drug-likeness (QED) is 0.644. The van der Waals surface area contributed by atoms with Gasteiger partial charge in [0.1, 0.15) is 11.6 Å². The molecule has 3 aromatic rings. The van der Waals surface area contributed by atoms with Gasteiger partial charge in [-0.3, -0.25) is 0 Å². The summed E-state index contributed by atoms with van der Waals surface area (Å²) in [6.07, 6.45) is 1.30. The molecule has 0 amide bonds. The van der Waals surface area contributed by atoms with Gasteiger partial charge in [-0.25, -0.2) is 17.8 Å². The van der Waals surface area contributed by atoms with Crippen LogP contribution in [0.5, 0.6) is 0 Å². The normalized spacial score (nSPS) is 12.0. The molecular weight excluding hydrogens is 414 g/mol. The molecule has 0 aliphatic carbocycles. The summed E-state index contributed by atoms with van der Waals surface area (Å²) in [4.78, 5) is 6.14. The fourth-order valence-electron chi connectivity index (χ4n) is 2.17. The van der Waals surface area contributed by atoms with E-state index < -0.39 is 33.0 Å². The molecular formula is C14H8BrClF2N2O2S. The summed E-state index contributed by atoms with van der Waals surface area (Å²) in [5.74, 6) is -2.62. The van der Waals surface area contributed by atoms with Gasteiger partial charge in [0.15, 0.2) is 9.84 Å². The third kappa shape index (κ3) is 3.11. The molecule has 0 unspecified atom stereocenters. The molecule has 1 N–H and O–H groups in total. The minimum Gasteiger partial charge on any atom is -0.360 e. The first-order chi connectivity index (χ1) is 10.8. The second kappa shape index (κ2) is 5.85. The summed E-state index contributed by atoms with van der Waals surface area (Å²) >= 11 is 8.64. The summed E-state index contributed by atoms with van der Waals surface area (Å²) in [6, 6.07) is 5.53. The lowest BCUT2D eigenvalue weighted by atomic mass is 10.2. The van der Waals surface area contributed by atoms with Gasteiger partial charge in [0.2, 0.25) is 5.95 Å². The number of hydrogen-bond acceptors (Lipinski definition) is 3. The Balaban J connectivity index is 2.06. The van der Waals surface area contributed by atoms with E-state index in [1.165, 1.54) is 6.20 Å². The smallest absolute Gasteiger partial charge is 0.227 e. The molecule has 0 saturated carbocycles. The standard InChI is InChI=1S/C14H8BrClF2N2O2S/c15-9-4-10(17)12(20-14(9)18)6-23(21,22)13-5-19-11-3-7(16)1-2-8(11)13/h1-5,19H,6H2. The van der Waals surface area contributed by atoms with Gasteiger partial charge in [-0.15, -0.1) is 0 Å². The Labute approximate surface area is 143 Å². The Morgan fingerprint density at radius 2 is 2.00 bits per heavy atom. The first-order valence-corrected chi connectivity index (χ1v) is 9.10. The molecule has 0 aliphatic rings. The van der Waals surface area contributed by atoms with E-state index in [-0.39, 0.29) is 9.37 Å². The van der Waals surface area contributed by atoms with Crippen LogP contribution >= 0.6 is 27.5 Å². The molecule has 0 fully saturated rings. The fraction of sp³-hybridized carbons (Fsp3) is 0.0714. The minimum absolute atomic E-state index is 0.0197. The third-order valence-corrected chi connectivity index (χ3v) is 5.68.